The van der Waals surface area contributed by atoms with Crippen LogP contribution in [0.25, 0.3) is 0 Å². The molecule has 72 valence electrons. The summed E-state index contributed by atoms with van der Waals surface area (Å²) in [4.78, 5) is 0. The zero-order valence-corrected chi connectivity index (χ0v) is 7.88. The van der Waals surface area contributed by atoms with Gasteiger partial charge in [-0.15, -0.1) is 0 Å². The first-order chi connectivity index (χ1) is 6.15. The normalized spacial score (nSPS) is 12.9. The lowest BCUT2D eigenvalue weighted by atomic mass is 10.1. The van der Waals surface area contributed by atoms with E-state index < -0.39 is 0 Å². The standard InChI is InChI=1S/C10H14FNO/c1-7-3-4-9(11)8(5-7)10(12)6-13-2/h3-5,10H,6,12H2,1-2H3. The predicted octanol–water partition coefficient (Wildman–Crippen LogP) is 1.78. The van der Waals surface area contributed by atoms with Gasteiger partial charge in [0, 0.05) is 12.7 Å². The van der Waals surface area contributed by atoms with Crippen LogP contribution in [0.5, 0.6) is 0 Å². The van der Waals surface area contributed by atoms with E-state index in [1.165, 1.54) is 6.07 Å². The Morgan fingerprint density at radius 3 is 2.85 bits per heavy atom. The molecule has 0 aromatic heterocycles. The van der Waals surface area contributed by atoms with Crippen molar-refractivity contribution in [2.75, 3.05) is 13.7 Å². The Hall–Kier alpha value is -0.930. The summed E-state index contributed by atoms with van der Waals surface area (Å²) in [6.45, 7) is 2.24. The largest absolute Gasteiger partial charge is 0.383 e. The number of halogens is 1. The van der Waals surface area contributed by atoms with E-state index in [1.807, 2.05) is 6.92 Å². The Labute approximate surface area is 77.5 Å². The van der Waals surface area contributed by atoms with Gasteiger partial charge in [-0.05, 0) is 13.0 Å². The van der Waals surface area contributed by atoms with Crippen LogP contribution in [0.4, 0.5) is 4.39 Å². The van der Waals surface area contributed by atoms with E-state index in [2.05, 4.69) is 0 Å². The maximum atomic E-state index is 13.2. The second kappa shape index (κ2) is 4.35. The van der Waals surface area contributed by atoms with E-state index in [-0.39, 0.29) is 11.9 Å². The first-order valence-electron chi connectivity index (χ1n) is 4.15. The fourth-order valence-electron chi connectivity index (χ4n) is 1.22. The van der Waals surface area contributed by atoms with E-state index in [1.54, 1.807) is 19.2 Å². The average Bonchev–Trinajstić information content (AvgIpc) is 2.09. The highest BCUT2D eigenvalue weighted by Gasteiger charge is 2.10. The van der Waals surface area contributed by atoms with Crippen LogP contribution in [-0.4, -0.2) is 13.7 Å². The summed E-state index contributed by atoms with van der Waals surface area (Å²) >= 11 is 0. The molecule has 0 amide bonds. The lowest BCUT2D eigenvalue weighted by Crippen LogP contribution is -2.17. The third-order valence-corrected chi connectivity index (χ3v) is 1.90. The molecule has 0 aliphatic heterocycles. The molecule has 1 aromatic rings. The van der Waals surface area contributed by atoms with Crippen molar-refractivity contribution in [3.05, 3.63) is 35.1 Å². The van der Waals surface area contributed by atoms with Crippen LogP contribution < -0.4 is 5.73 Å². The van der Waals surface area contributed by atoms with Crippen molar-refractivity contribution >= 4 is 0 Å². The van der Waals surface area contributed by atoms with E-state index in [4.69, 9.17) is 10.5 Å². The van der Waals surface area contributed by atoms with E-state index in [0.717, 1.165) is 5.56 Å². The van der Waals surface area contributed by atoms with Crippen LogP contribution in [0, 0.1) is 12.7 Å². The zero-order valence-electron chi connectivity index (χ0n) is 7.88. The van der Waals surface area contributed by atoms with Gasteiger partial charge in [-0.3, -0.25) is 0 Å². The highest BCUT2D eigenvalue weighted by atomic mass is 19.1. The molecule has 2 N–H and O–H groups in total. The lowest BCUT2D eigenvalue weighted by Gasteiger charge is -2.12. The van der Waals surface area contributed by atoms with E-state index in [9.17, 15) is 4.39 Å². The molecule has 0 saturated carbocycles. The fourth-order valence-corrected chi connectivity index (χ4v) is 1.22. The second-order valence-corrected chi connectivity index (χ2v) is 3.09. The molecule has 1 aromatic carbocycles. The number of benzene rings is 1. The molecule has 0 saturated heterocycles. The van der Waals surface area contributed by atoms with Gasteiger partial charge < -0.3 is 10.5 Å². The number of nitrogens with two attached hydrogens (primary N) is 1. The molecule has 3 heteroatoms. The second-order valence-electron chi connectivity index (χ2n) is 3.09. The predicted molar refractivity (Wildman–Crippen MR) is 49.9 cm³/mol. The topological polar surface area (TPSA) is 35.2 Å². The molecule has 0 aliphatic rings. The molecular formula is C10H14FNO. The van der Waals surface area contributed by atoms with Crippen LogP contribution >= 0.6 is 0 Å². The molecule has 0 heterocycles. The number of hydrogen-bond acceptors (Lipinski definition) is 2. The molecule has 1 unspecified atom stereocenters. The maximum absolute atomic E-state index is 13.2. The number of rotatable bonds is 3. The Morgan fingerprint density at radius 1 is 1.54 bits per heavy atom. The van der Waals surface area contributed by atoms with Crippen LogP contribution in [-0.2, 0) is 4.74 Å². The fraction of sp³-hybridized carbons (Fsp3) is 0.400. The van der Waals surface area contributed by atoms with Crippen LogP contribution in [0.1, 0.15) is 17.2 Å². The summed E-state index contributed by atoms with van der Waals surface area (Å²) in [7, 11) is 1.55. The summed E-state index contributed by atoms with van der Waals surface area (Å²) in [6, 6.07) is 4.52. The smallest absolute Gasteiger partial charge is 0.128 e. The summed E-state index contributed by atoms with van der Waals surface area (Å²) < 4.78 is 18.1. The van der Waals surface area contributed by atoms with Gasteiger partial charge >= 0.3 is 0 Å². The molecule has 0 spiro atoms. The Balaban J connectivity index is 2.91. The quantitative estimate of drug-likeness (QED) is 0.775. The van der Waals surface area contributed by atoms with Gasteiger partial charge in [-0.1, -0.05) is 17.7 Å². The monoisotopic (exact) mass is 183 g/mol. The summed E-state index contributed by atoms with van der Waals surface area (Å²) in [5.74, 6) is -0.268. The van der Waals surface area contributed by atoms with Crippen molar-refractivity contribution in [2.45, 2.75) is 13.0 Å². The third kappa shape index (κ3) is 2.50. The Morgan fingerprint density at radius 2 is 2.23 bits per heavy atom. The Bertz CT molecular complexity index is 288. The molecule has 0 bridgehead atoms. The average molecular weight is 183 g/mol. The maximum Gasteiger partial charge on any atom is 0.128 e. The molecule has 0 aliphatic carbocycles. The third-order valence-electron chi connectivity index (χ3n) is 1.90. The Kier molecular flexibility index (Phi) is 3.39. The molecule has 13 heavy (non-hydrogen) atoms. The van der Waals surface area contributed by atoms with Gasteiger partial charge in [0.1, 0.15) is 5.82 Å². The van der Waals surface area contributed by atoms with Crippen molar-refractivity contribution in [3.63, 3.8) is 0 Å². The lowest BCUT2D eigenvalue weighted by molar-refractivity contribution is 0.179. The number of methoxy groups -OCH3 is 1. The van der Waals surface area contributed by atoms with Crippen molar-refractivity contribution in [1.82, 2.24) is 0 Å². The van der Waals surface area contributed by atoms with Gasteiger partial charge in [0.15, 0.2) is 0 Å². The first kappa shape index (κ1) is 10.2. The minimum atomic E-state index is -0.384. The summed E-state index contributed by atoms with van der Waals surface area (Å²) in [6.07, 6.45) is 0. The number of ether oxygens (including phenoxy) is 1. The van der Waals surface area contributed by atoms with E-state index >= 15 is 0 Å². The number of hydrogen-bond donors (Lipinski definition) is 1. The zero-order chi connectivity index (χ0) is 9.84. The minimum absolute atomic E-state index is 0.268. The van der Waals surface area contributed by atoms with E-state index in [0.29, 0.717) is 12.2 Å². The van der Waals surface area contributed by atoms with Crippen LogP contribution in [0.15, 0.2) is 18.2 Å². The van der Waals surface area contributed by atoms with Gasteiger partial charge in [0.2, 0.25) is 0 Å². The summed E-state index contributed by atoms with van der Waals surface area (Å²) in [5, 5.41) is 0. The minimum Gasteiger partial charge on any atom is -0.383 e. The van der Waals surface area contributed by atoms with Crippen molar-refractivity contribution in [1.29, 1.82) is 0 Å². The van der Waals surface area contributed by atoms with Gasteiger partial charge in [-0.2, -0.15) is 0 Å². The van der Waals surface area contributed by atoms with Crippen molar-refractivity contribution in [2.24, 2.45) is 5.73 Å². The summed E-state index contributed by atoms with van der Waals surface area (Å²) in [5.41, 5.74) is 7.23. The highest BCUT2D eigenvalue weighted by Crippen LogP contribution is 2.16. The molecule has 0 radical (unpaired) electrons. The van der Waals surface area contributed by atoms with Crippen LogP contribution in [0.2, 0.25) is 0 Å². The number of aryl methyl sites for hydroxylation is 1. The van der Waals surface area contributed by atoms with Gasteiger partial charge in [-0.25, -0.2) is 4.39 Å². The molecule has 2 nitrogen and oxygen atoms in total. The first-order valence-corrected chi connectivity index (χ1v) is 4.15. The molecule has 1 atom stereocenters. The van der Waals surface area contributed by atoms with Crippen LogP contribution in [0.3, 0.4) is 0 Å². The molecule has 0 fully saturated rings. The van der Waals surface area contributed by atoms with Crippen molar-refractivity contribution in [3.8, 4) is 0 Å². The SMILES string of the molecule is COCC(N)c1cc(C)ccc1F. The molecular weight excluding hydrogens is 169 g/mol. The molecule has 1 rings (SSSR count). The highest BCUT2D eigenvalue weighted by molar-refractivity contribution is 5.26. The van der Waals surface area contributed by atoms with Crippen molar-refractivity contribution < 1.29 is 9.13 Å². The van der Waals surface area contributed by atoms with Gasteiger partial charge in [0.25, 0.3) is 0 Å². The van der Waals surface area contributed by atoms with Gasteiger partial charge in [0.05, 0.1) is 12.6 Å².